The fraction of sp³-hybridized carbons (Fsp3) is 0.0645. The van der Waals surface area contributed by atoms with Crippen LogP contribution in [0.3, 0.4) is 0 Å². The lowest BCUT2D eigenvalue weighted by Gasteiger charge is -2.01. The van der Waals surface area contributed by atoms with E-state index in [1.807, 2.05) is 0 Å². The van der Waals surface area contributed by atoms with Crippen LogP contribution in [0, 0.1) is 13.8 Å². The Morgan fingerprint density at radius 2 is 1.00 bits per heavy atom. The topological polar surface area (TPSA) is 216 Å². The number of carboxylic acid groups (broad SMARTS) is 2. The number of aromatic nitrogens is 6. The number of hydrogen-bond donors (Lipinski definition) is 6. The molecule has 6 aromatic rings. The van der Waals surface area contributed by atoms with Crippen molar-refractivity contribution in [1.29, 1.82) is 0 Å². The molecule has 0 unspecified atom stereocenters. The molecule has 0 aliphatic heterocycles. The van der Waals surface area contributed by atoms with Gasteiger partial charge in [0, 0.05) is 0 Å². The van der Waals surface area contributed by atoms with Gasteiger partial charge in [0.25, 0.3) is 22.2 Å². The minimum atomic E-state index is -1.11. The lowest BCUT2D eigenvalue weighted by atomic mass is 10.1. The van der Waals surface area contributed by atoms with Crippen LogP contribution < -0.4 is 22.2 Å². The summed E-state index contributed by atoms with van der Waals surface area (Å²) in [6.07, 6.45) is 2.66. The number of carbonyl (C=O) groups is 2. The lowest BCUT2D eigenvalue weighted by molar-refractivity contribution is 0.0686. The van der Waals surface area contributed by atoms with Crippen molar-refractivity contribution in [2.45, 2.75) is 13.8 Å². The number of aromatic amines is 4. The van der Waals surface area contributed by atoms with Gasteiger partial charge in [-0.15, -0.1) is 5.73 Å². The number of fused-ring (bicyclic) bond motifs is 2. The van der Waals surface area contributed by atoms with Gasteiger partial charge in [0.2, 0.25) is 0 Å². The summed E-state index contributed by atoms with van der Waals surface area (Å²) in [5, 5.41) is 24.3. The van der Waals surface area contributed by atoms with Crippen LogP contribution in [0.25, 0.3) is 45.6 Å². The molecule has 0 atom stereocenters. The van der Waals surface area contributed by atoms with Crippen molar-refractivity contribution in [3.05, 3.63) is 129 Å². The third-order valence-electron chi connectivity index (χ3n) is 7.51. The maximum absolute atomic E-state index is 13.3. The van der Waals surface area contributed by atoms with E-state index in [9.17, 15) is 28.8 Å². The van der Waals surface area contributed by atoms with Gasteiger partial charge in [0.05, 0.1) is 44.4 Å². The second-order valence-corrected chi connectivity index (χ2v) is 10.1. The fourth-order valence-corrected chi connectivity index (χ4v) is 5.15. The Hall–Kier alpha value is -6.66. The molecule has 0 aliphatic carbocycles. The Morgan fingerprint density at radius 3 is 1.33 bits per heavy atom. The molecule has 0 saturated carbocycles. The zero-order chi connectivity index (χ0) is 32.2. The molecule has 0 radical (unpaired) electrons. The number of nitrogens with one attached hydrogen (secondary N) is 4. The van der Waals surface area contributed by atoms with E-state index in [-0.39, 0.29) is 44.3 Å². The van der Waals surface area contributed by atoms with Gasteiger partial charge in [0.15, 0.2) is 0 Å². The van der Waals surface area contributed by atoms with E-state index in [1.54, 1.807) is 13.8 Å². The number of H-pyrrole nitrogens is 4. The number of benzene rings is 2. The summed E-state index contributed by atoms with van der Waals surface area (Å²) in [5.41, 5.74) is 2.92. The minimum Gasteiger partial charge on any atom is -0.478 e. The summed E-state index contributed by atoms with van der Waals surface area (Å²) >= 11 is 0. The molecule has 14 nitrogen and oxygen atoms in total. The number of aromatic carboxylic acids is 2. The summed E-state index contributed by atoms with van der Waals surface area (Å²) in [6, 6.07) is 11.3. The molecule has 4 aromatic heterocycles. The van der Waals surface area contributed by atoms with Gasteiger partial charge >= 0.3 is 11.9 Å². The van der Waals surface area contributed by atoms with Crippen LogP contribution in [0.15, 0.2) is 73.4 Å². The first-order valence-electron chi connectivity index (χ1n) is 13.3. The van der Waals surface area contributed by atoms with E-state index >= 15 is 0 Å². The van der Waals surface area contributed by atoms with Crippen molar-refractivity contribution in [1.82, 2.24) is 29.5 Å². The van der Waals surface area contributed by atoms with E-state index in [4.69, 9.17) is 10.2 Å². The van der Waals surface area contributed by atoms with Gasteiger partial charge in [-0.3, -0.25) is 29.4 Å². The monoisotopic (exact) mass is 606 g/mol. The minimum absolute atomic E-state index is 0.0504. The average Bonchev–Trinajstić information content (AvgIpc) is 3.52. The van der Waals surface area contributed by atoms with Gasteiger partial charge in [-0.25, -0.2) is 19.0 Å². The molecule has 2 aromatic carbocycles. The lowest BCUT2D eigenvalue weighted by Crippen LogP contribution is -2.16. The number of rotatable bonds is 6. The number of pyridine rings is 2. The van der Waals surface area contributed by atoms with Crippen molar-refractivity contribution >= 4 is 46.2 Å². The molecule has 0 fully saturated rings. The highest BCUT2D eigenvalue weighted by atomic mass is 16.4. The van der Waals surface area contributed by atoms with Crippen LogP contribution in [0.2, 0.25) is 0 Å². The molecule has 6 rings (SSSR count). The van der Waals surface area contributed by atoms with Crippen LogP contribution >= 0.6 is 0 Å². The van der Waals surface area contributed by atoms with Crippen molar-refractivity contribution in [3.8, 4) is 11.4 Å². The Balaban J connectivity index is 1.40. The first kappa shape index (κ1) is 28.5. The van der Waals surface area contributed by atoms with Crippen LogP contribution in [-0.4, -0.2) is 51.7 Å². The molecular weight excluding hydrogens is 584 g/mol. The predicted molar refractivity (Wildman–Crippen MR) is 165 cm³/mol. The zero-order valence-electron chi connectivity index (χ0n) is 23.5. The van der Waals surface area contributed by atoms with Gasteiger partial charge in [0.1, 0.15) is 11.3 Å². The molecule has 4 heterocycles. The Bertz CT molecular complexity index is 2340. The van der Waals surface area contributed by atoms with Gasteiger partial charge in [-0.2, -0.15) is 0 Å². The van der Waals surface area contributed by atoms with Crippen LogP contribution in [-0.2, 0) is 0 Å². The molecule has 0 bridgehead atoms. The van der Waals surface area contributed by atoms with Crippen LogP contribution in [0.1, 0.15) is 43.0 Å². The Kier molecular flexibility index (Phi) is 6.68. The largest absolute Gasteiger partial charge is 0.478 e. The second-order valence-electron chi connectivity index (χ2n) is 10.1. The van der Waals surface area contributed by atoms with E-state index in [1.165, 1.54) is 70.0 Å². The Morgan fingerprint density at radius 1 is 0.644 bits per heavy atom. The maximum atomic E-state index is 13.3. The van der Waals surface area contributed by atoms with Gasteiger partial charge in [-0.1, -0.05) is 0 Å². The molecule has 0 aliphatic rings. The standard InChI is InChI=1S/C31H22N6O8/c1-14-20(26(38)32-24-22(14)28(40)36(34-24)18-10-6-16(7-11-18)30(42)43)4-3-5-21-15(2)23-25(33-27(21)39)35-37(29(23)41)19-12-8-17(9-13-19)31(44)45/h4-13H,1-2H3,(H,42,43)(H,44,45)(H2,32,34,38)(H2,33,35,39). The van der Waals surface area contributed by atoms with Crippen molar-refractivity contribution in [2.75, 3.05) is 0 Å². The molecule has 0 amide bonds. The summed E-state index contributed by atoms with van der Waals surface area (Å²) in [7, 11) is 0. The summed E-state index contributed by atoms with van der Waals surface area (Å²) in [6.45, 7) is 3.18. The first-order valence-corrected chi connectivity index (χ1v) is 13.3. The van der Waals surface area contributed by atoms with Crippen molar-refractivity contribution < 1.29 is 19.8 Å². The molecule has 14 heteroatoms. The maximum Gasteiger partial charge on any atom is 0.335 e. The van der Waals surface area contributed by atoms with Crippen molar-refractivity contribution in [3.63, 3.8) is 0 Å². The second kappa shape index (κ2) is 10.6. The van der Waals surface area contributed by atoms with Crippen LogP contribution in [0.4, 0.5) is 0 Å². The SMILES string of the molecule is Cc1c(C=C=Cc2c(C)c3c(=O)n(-c4ccc(C(=O)O)cc4)[nH]c3[nH]c2=O)c(=O)[nH]c2[nH]n(-c3ccc(C(=O)O)cc3)c(=O)c12. The smallest absolute Gasteiger partial charge is 0.335 e. The molecule has 6 N–H and O–H groups in total. The highest BCUT2D eigenvalue weighted by Gasteiger charge is 2.18. The quantitative estimate of drug-likeness (QED) is 0.155. The zero-order valence-corrected chi connectivity index (χ0v) is 23.5. The molecule has 0 saturated heterocycles. The van der Waals surface area contributed by atoms with Gasteiger partial charge < -0.3 is 20.2 Å². The summed E-state index contributed by atoms with van der Waals surface area (Å²) < 4.78 is 2.37. The van der Waals surface area contributed by atoms with E-state index in [0.29, 0.717) is 22.5 Å². The summed E-state index contributed by atoms with van der Waals surface area (Å²) in [5.74, 6) is -2.22. The highest BCUT2D eigenvalue weighted by Crippen LogP contribution is 2.18. The fourth-order valence-electron chi connectivity index (χ4n) is 5.15. The number of nitrogens with zero attached hydrogens (tertiary/aromatic N) is 2. The van der Waals surface area contributed by atoms with Crippen molar-refractivity contribution in [2.24, 2.45) is 0 Å². The molecule has 45 heavy (non-hydrogen) atoms. The van der Waals surface area contributed by atoms with E-state index in [2.05, 4.69) is 25.9 Å². The number of carboxylic acids is 2. The first-order chi connectivity index (χ1) is 21.5. The molecule has 224 valence electrons. The predicted octanol–water partition coefficient (Wildman–Crippen LogP) is 2.67. The molecule has 0 spiro atoms. The third-order valence-corrected chi connectivity index (χ3v) is 7.51. The third kappa shape index (κ3) is 4.73. The van der Waals surface area contributed by atoms with E-state index in [0.717, 1.165) is 0 Å². The van der Waals surface area contributed by atoms with Gasteiger partial charge in [-0.05, 0) is 85.7 Å². The summed E-state index contributed by atoms with van der Waals surface area (Å²) in [4.78, 5) is 80.0. The number of aryl methyl sites for hydroxylation is 2. The number of hydrogen-bond acceptors (Lipinski definition) is 6. The normalized spacial score (nSPS) is 11.1. The van der Waals surface area contributed by atoms with Crippen LogP contribution in [0.5, 0.6) is 0 Å². The Labute approximate surface area is 249 Å². The average molecular weight is 607 g/mol. The van der Waals surface area contributed by atoms with E-state index < -0.39 is 34.2 Å². The highest BCUT2D eigenvalue weighted by molar-refractivity contribution is 5.88. The molecular formula is C31H22N6O8.